The Morgan fingerprint density at radius 1 is 1.00 bits per heavy atom. The molecule has 0 unspecified atom stereocenters. The van der Waals surface area contributed by atoms with Crippen molar-refractivity contribution in [3.63, 3.8) is 0 Å². The van der Waals surface area contributed by atoms with Crippen LogP contribution in [0.4, 0.5) is 11.5 Å². The van der Waals surface area contributed by atoms with E-state index >= 15 is 0 Å². The first kappa shape index (κ1) is 20.7. The number of nitrogens with zero attached hydrogens (tertiary/aromatic N) is 2. The zero-order chi connectivity index (χ0) is 22.8. The highest BCUT2D eigenvalue weighted by Gasteiger charge is 2.37. The molecule has 1 aromatic heterocycles. The minimum absolute atomic E-state index is 0.0668. The number of carbonyl (C=O) groups is 1. The van der Waals surface area contributed by atoms with Gasteiger partial charge in [0.1, 0.15) is 5.82 Å². The SMILES string of the molecule is Cc1ccc(N2C3=CC(C)(C)CC(=O)C3=Cc3cc4cc(C(C)(C)C)ccc4nc32)cc1. The molecule has 32 heavy (non-hydrogen) atoms. The van der Waals surface area contributed by atoms with Crippen LogP contribution in [-0.2, 0) is 10.2 Å². The van der Waals surface area contributed by atoms with Crippen molar-refractivity contribution in [3.8, 4) is 0 Å². The largest absolute Gasteiger partial charge is 0.294 e. The summed E-state index contributed by atoms with van der Waals surface area (Å²) in [6.45, 7) is 13.0. The van der Waals surface area contributed by atoms with Crippen LogP contribution in [0.15, 0.2) is 65.9 Å². The van der Waals surface area contributed by atoms with Gasteiger partial charge in [-0.15, -0.1) is 0 Å². The van der Waals surface area contributed by atoms with E-state index in [2.05, 4.69) is 101 Å². The molecule has 0 atom stereocenters. The lowest BCUT2D eigenvalue weighted by Gasteiger charge is -2.38. The first-order valence-electron chi connectivity index (χ1n) is 11.3. The summed E-state index contributed by atoms with van der Waals surface area (Å²) in [4.78, 5) is 20.5. The van der Waals surface area contributed by atoms with E-state index < -0.39 is 0 Å². The number of benzene rings is 2. The van der Waals surface area contributed by atoms with E-state index in [-0.39, 0.29) is 16.6 Å². The number of Topliss-reactive ketones (excluding diaryl/α,β-unsaturated/α-hetero) is 1. The number of ketones is 1. The maximum atomic E-state index is 13.2. The number of hydrogen-bond donors (Lipinski definition) is 0. The zero-order valence-electron chi connectivity index (χ0n) is 19.8. The predicted octanol–water partition coefficient (Wildman–Crippen LogP) is 7.26. The van der Waals surface area contributed by atoms with Crippen molar-refractivity contribution in [1.82, 2.24) is 4.98 Å². The van der Waals surface area contributed by atoms with Crippen LogP contribution in [0.1, 0.15) is 57.7 Å². The van der Waals surface area contributed by atoms with E-state index in [1.54, 1.807) is 0 Å². The molecule has 0 spiro atoms. The number of anilines is 2. The molecule has 0 fully saturated rings. The summed E-state index contributed by atoms with van der Waals surface area (Å²) in [5, 5.41) is 1.10. The van der Waals surface area contributed by atoms with Gasteiger partial charge in [-0.05, 0) is 59.7 Å². The van der Waals surface area contributed by atoms with Crippen LogP contribution in [-0.4, -0.2) is 10.8 Å². The lowest BCUT2D eigenvalue weighted by atomic mass is 9.77. The Balaban J connectivity index is 1.78. The van der Waals surface area contributed by atoms with Gasteiger partial charge in [-0.2, -0.15) is 0 Å². The lowest BCUT2D eigenvalue weighted by molar-refractivity contribution is -0.116. The molecule has 2 aromatic carbocycles. The Morgan fingerprint density at radius 2 is 1.72 bits per heavy atom. The van der Waals surface area contributed by atoms with E-state index in [1.165, 1.54) is 11.1 Å². The summed E-state index contributed by atoms with van der Waals surface area (Å²) in [6, 6.07) is 17.2. The monoisotopic (exact) mass is 422 g/mol. The molecule has 5 rings (SSSR count). The number of pyridine rings is 1. The molecule has 3 aromatic rings. The third-order valence-corrected chi connectivity index (χ3v) is 6.45. The molecule has 3 heteroatoms. The molecular weight excluding hydrogens is 392 g/mol. The minimum Gasteiger partial charge on any atom is -0.294 e. The lowest BCUT2D eigenvalue weighted by Crippen LogP contribution is -2.33. The van der Waals surface area contributed by atoms with Gasteiger partial charge >= 0.3 is 0 Å². The summed E-state index contributed by atoms with van der Waals surface area (Å²) in [5.41, 5.74) is 7.07. The Hall–Kier alpha value is -3.20. The molecule has 0 amide bonds. The normalized spacial score (nSPS) is 17.6. The number of carbonyl (C=O) groups excluding carboxylic acids is 1. The van der Waals surface area contributed by atoms with Gasteiger partial charge < -0.3 is 0 Å². The van der Waals surface area contributed by atoms with E-state index in [4.69, 9.17) is 4.98 Å². The second-order valence-corrected chi connectivity index (χ2v) is 10.9. The topological polar surface area (TPSA) is 33.2 Å². The Labute approximate surface area is 190 Å². The number of fused-ring (bicyclic) bond motifs is 3. The molecule has 162 valence electrons. The van der Waals surface area contributed by atoms with Crippen molar-refractivity contribution < 1.29 is 4.79 Å². The van der Waals surface area contributed by atoms with Crippen LogP contribution in [0, 0.1) is 12.3 Å². The van der Waals surface area contributed by atoms with Crippen LogP contribution in [0.25, 0.3) is 17.0 Å². The molecule has 0 N–H and O–H groups in total. The van der Waals surface area contributed by atoms with Crippen LogP contribution < -0.4 is 4.90 Å². The van der Waals surface area contributed by atoms with Crippen molar-refractivity contribution in [2.45, 2.75) is 53.4 Å². The first-order chi connectivity index (χ1) is 15.0. The van der Waals surface area contributed by atoms with Gasteiger partial charge in [0.2, 0.25) is 0 Å². The quantitative estimate of drug-likeness (QED) is 0.414. The molecule has 1 aliphatic carbocycles. The number of rotatable bonds is 1. The van der Waals surface area contributed by atoms with Crippen molar-refractivity contribution in [1.29, 1.82) is 0 Å². The fourth-order valence-corrected chi connectivity index (χ4v) is 4.65. The summed E-state index contributed by atoms with van der Waals surface area (Å²) in [7, 11) is 0. The first-order valence-corrected chi connectivity index (χ1v) is 11.3. The Kier molecular flexibility index (Phi) is 4.46. The number of aromatic nitrogens is 1. The predicted molar refractivity (Wildman–Crippen MR) is 133 cm³/mol. The number of allylic oxidation sites excluding steroid dienone is 2. The van der Waals surface area contributed by atoms with Gasteiger partial charge in [0.05, 0.1) is 11.2 Å². The highest BCUT2D eigenvalue weighted by molar-refractivity contribution is 6.10. The molecular formula is C29H30N2O. The standard InChI is InChI=1S/C29H30N2O/c1-18-7-10-22(11-8-18)31-25-16-29(5,6)17-26(32)23(25)15-20-13-19-14-21(28(2,3)4)9-12-24(19)30-27(20)31/h7-16H,17H2,1-6H3. The zero-order valence-corrected chi connectivity index (χ0v) is 19.8. The molecule has 2 aliphatic rings. The van der Waals surface area contributed by atoms with Crippen LogP contribution in [0.5, 0.6) is 0 Å². The second kappa shape index (κ2) is 6.90. The number of hydrogen-bond acceptors (Lipinski definition) is 3. The van der Waals surface area contributed by atoms with E-state index in [0.29, 0.717) is 6.42 Å². The summed E-state index contributed by atoms with van der Waals surface area (Å²) < 4.78 is 0. The Morgan fingerprint density at radius 3 is 2.41 bits per heavy atom. The molecule has 1 aliphatic heterocycles. The van der Waals surface area contributed by atoms with Gasteiger partial charge in [-0.3, -0.25) is 9.69 Å². The van der Waals surface area contributed by atoms with E-state index in [9.17, 15) is 4.79 Å². The van der Waals surface area contributed by atoms with Crippen molar-refractivity contribution in [2.24, 2.45) is 5.41 Å². The van der Waals surface area contributed by atoms with Crippen LogP contribution >= 0.6 is 0 Å². The molecule has 0 bridgehead atoms. The molecule has 3 nitrogen and oxygen atoms in total. The third kappa shape index (κ3) is 3.46. The smallest absolute Gasteiger partial charge is 0.165 e. The third-order valence-electron chi connectivity index (χ3n) is 6.45. The minimum atomic E-state index is -0.192. The molecule has 2 heterocycles. The molecule has 0 radical (unpaired) electrons. The highest BCUT2D eigenvalue weighted by atomic mass is 16.1. The second-order valence-electron chi connectivity index (χ2n) is 10.9. The van der Waals surface area contributed by atoms with Gasteiger partial charge in [0.25, 0.3) is 0 Å². The number of aryl methyl sites for hydroxylation is 1. The maximum absolute atomic E-state index is 13.2. The van der Waals surface area contributed by atoms with Crippen molar-refractivity contribution >= 4 is 34.3 Å². The van der Waals surface area contributed by atoms with Gasteiger partial charge in [-0.25, -0.2) is 4.98 Å². The highest BCUT2D eigenvalue weighted by Crippen LogP contribution is 2.46. The van der Waals surface area contributed by atoms with Gasteiger partial charge in [0.15, 0.2) is 5.78 Å². The van der Waals surface area contributed by atoms with Gasteiger partial charge in [0, 0.05) is 28.6 Å². The van der Waals surface area contributed by atoms with Crippen LogP contribution in [0.3, 0.4) is 0 Å². The fourth-order valence-electron chi connectivity index (χ4n) is 4.65. The van der Waals surface area contributed by atoms with Crippen LogP contribution in [0.2, 0.25) is 0 Å². The summed E-state index contributed by atoms with van der Waals surface area (Å²) in [6.07, 6.45) is 4.80. The Bertz CT molecular complexity index is 1320. The molecule has 0 saturated heterocycles. The maximum Gasteiger partial charge on any atom is 0.165 e. The van der Waals surface area contributed by atoms with E-state index in [0.717, 1.165) is 39.2 Å². The van der Waals surface area contributed by atoms with Gasteiger partial charge in [-0.1, -0.05) is 64.5 Å². The van der Waals surface area contributed by atoms with E-state index in [1.807, 2.05) is 6.08 Å². The average molecular weight is 423 g/mol. The average Bonchev–Trinajstić information content (AvgIpc) is 2.70. The molecule has 0 saturated carbocycles. The fraction of sp³-hybridized carbons (Fsp3) is 0.310. The van der Waals surface area contributed by atoms with Crippen molar-refractivity contribution in [3.05, 3.63) is 82.6 Å². The van der Waals surface area contributed by atoms with Crippen molar-refractivity contribution in [2.75, 3.05) is 4.90 Å². The summed E-state index contributed by atoms with van der Waals surface area (Å²) in [5.74, 6) is 1.07. The summed E-state index contributed by atoms with van der Waals surface area (Å²) >= 11 is 0.